The molecule has 0 aliphatic carbocycles. The van der Waals surface area contributed by atoms with E-state index in [0.717, 1.165) is 10.4 Å². The SMILES string of the molecule is COc1ccccc1N(C)S(=O)(=O)c1c(N)cccc1F. The Kier molecular flexibility index (Phi) is 4.04. The van der Waals surface area contributed by atoms with E-state index in [-0.39, 0.29) is 5.69 Å². The van der Waals surface area contributed by atoms with Gasteiger partial charge in [0.1, 0.15) is 16.5 Å². The van der Waals surface area contributed by atoms with Gasteiger partial charge in [-0.25, -0.2) is 12.8 Å². The van der Waals surface area contributed by atoms with Crippen LogP contribution >= 0.6 is 0 Å². The first kappa shape index (κ1) is 15.1. The van der Waals surface area contributed by atoms with Gasteiger partial charge in [-0.05, 0) is 24.3 Å². The van der Waals surface area contributed by atoms with Crippen LogP contribution in [0.25, 0.3) is 0 Å². The third-order valence-corrected chi connectivity index (χ3v) is 4.90. The van der Waals surface area contributed by atoms with Crippen LogP contribution in [0.4, 0.5) is 15.8 Å². The van der Waals surface area contributed by atoms with Crippen LogP contribution in [0.2, 0.25) is 0 Å². The molecule has 2 N–H and O–H groups in total. The number of nitrogens with zero attached hydrogens (tertiary/aromatic N) is 1. The highest BCUT2D eigenvalue weighted by molar-refractivity contribution is 7.93. The van der Waals surface area contributed by atoms with E-state index < -0.39 is 20.7 Å². The summed E-state index contributed by atoms with van der Waals surface area (Å²) in [6, 6.07) is 10.3. The molecule has 0 aromatic heterocycles. The molecule has 0 bridgehead atoms. The summed E-state index contributed by atoms with van der Waals surface area (Å²) in [5.41, 5.74) is 5.77. The van der Waals surface area contributed by atoms with Crippen LogP contribution < -0.4 is 14.8 Å². The number of methoxy groups -OCH3 is 1. The van der Waals surface area contributed by atoms with Crippen molar-refractivity contribution in [1.82, 2.24) is 0 Å². The van der Waals surface area contributed by atoms with Gasteiger partial charge in [0.05, 0.1) is 18.5 Å². The van der Waals surface area contributed by atoms with E-state index in [9.17, 15) is 12.8 Å². The fourth-order valence-electron chi connectivity index (χ4n) is 1.95. The first-order chi connectivity index (χ1) is 9.89. The lowest BCUT2D eigenvalue weighted by molar-refractivity contribution is 0.416. The van der Waals surface area contributed by atoms with E-state index in [1.54, 1.807) is 24.3 Å². The normalized spacial score (nSPS) is 11.2. The third kappa shape index (κ3) is 2.64. The molecule has 0 amide bonds. The molecule has 0 unspecified atom stereocenters. The molecular weight excluding hydrogens is 295 g/mol. The second-order valence-electron chi connectivity index (χ2n) is 4.30. The lowest BCUT2D eigenvalue weighted by Crippen LogP contribution is -2.28. The molecule has 0 radical (unpaired) electrons. The smallest absolute Gasteiger partial charge is 0.269 e. The Morgan fingerprint density at radius 1 is 1.14 bits per heavy atom. The van der Waals surface area contributed by atoms with Crippen LogP contribution in [0.1, 0.15) is 0 Å². The summed E-state index contributed by atoms with van der Waals surface area (Å²) in [5, 5.41) is 0. The molecule has 2 rings (SSSR count). The van der Waals surface area contributed by atoms with Crippen molar-refractivity contribution < 1.29 is 17.5 Å². The number of hydrogen-bond acceptors (Lipinski definition) is 4. The summed E-state index contributed by atoms with van der Waals surface area (Å²) in [6.45, 7) is 0. The van der Waals surface area contributed by atoms with E-state index in [1.165, 1.54) is 26.3 Å². The number of hydrogen-bond donors (Lipinski definition) is 1. The van der Waals surface area contributed by atoms with Gasteiger partial charge in [-0.2, -0.15) is 0 Å². The number of nitrogen functional groups attached to an aromatic ring is 1. The average Bonchev–Trinajstić information content (AvgIpc) is 2.46. The predicted molar refractivity (Wildman–Crippen MR) is 79.4 cm³/mol. The minimum absolute atomic E-state index is 0.142. The fourth-order valence-corrected chi connectivity index (χ4v) is 3.32. The first-order valence-corrected chi connectivity index (χ1v) is 7.49. The van der Waals surface area contributed by atoms with Gasteiger partial charge in [-0.1, -0.05) is 18.2 Å². The lowest BCUT2D eigenvalue weighted by Gasteiger charge is -2.22. The van der Waals surface area contributed by atoms with E-state index in [4.69, 9.17) is 10.5 Å². The second kappa shape index (κ2) is 5.61. The Morgan fingerprint density at radius 3 is 2.43 bits per heavy atom. The monoisotopic (exact) mass is 310 g/mol. The Labute approximate surface area is 122 Å². The van der Waals surface area contributed by atoms with Crippen molar-refractivity contribution in [2.75, 3.05) is 24.2 Å². The molecule has 21 heavy (non-hydrogen) atoms. The van der Waals surface area contributed by atoms with Crippen molar-refractivity contribution in [3.05, 3.63) is 48.3 Å². The Bertz CT molecular complexity index is 742. The van der Waals surface area contributed by atoms with Gasteiger partial charge in [0, 0.05) is 7.05 Å². The number of ether oxygens (including phenoxy) is 1. The fraction of sp³-hybridized carbons (Fsp3) is 0.143. The van der Waals surface area contributed by atoms with Crippen LogP contribution in [-0.2, 0) is 10.0 Å². The van der Waals surface area contributed by atoms with Gasteiger partial charge in [-0.3, -0.25) is 4.31 Å². The molecule has 2 aromatic rings. The van der Waals surface area contributed by atoms with Crippen molar-refractivity contribution >= 4 is 21.4 Å². The molecule has 0 aliphatic rings. The minimum atomic E-state index is -4.13. The van der Waals surface area contributed by atoms with Crippen LogP contribution in [-0.4, -0.2) is 22.6 Å². The maximum absolute atomic E-state index is 13.9. The zero-order chi connectivity index (χ0) is 15.6. The Hall–Kier alpha value is -2.28. The van der Waals surface area contributed by atoms with Gasteiger partial charge >= 0.3 is 0 Å². The summed E-state index contributed by atoms with van der Waals surface area (Å²) in [5.74, 6) is -0.532. The molecule has 0 aliphatic heterocycles. The highest BCUT2D eigenvalue weighted by atomic mass is 32.2. The molecule has 0 saturated heterocycles. The van der Waals surface area contributed by atoms with Gasteiger partial charge in [-0.15, -0.1) is 0 Å². The van der Waals surface area contributed by atoms with Crippen LogP contribution in [0.15, 0.2) is 47.4 Å². The van der Waals surface area contributed by atoms with Crippen molar-refractivity contribution in [3.63, 3.8) is 0 Å². The largest absolute Gasteiger partial charge is 0.495 e. The Balaban J connectivity index is 2.59. The van der Waals surface area contributed by atoms with Crippen LogP contribution in [0.3, 0.4) is 0 Å². The van der Waals surface area contributed by atoms with Crippen LogP contribution in [0, 0.1) is 5.82 Å². The van der Waals surface area contributed by atoms with E-state index >= 15 is 0 Å². The number of anilines is 2. The molecular formula is C14H15FN2O3S. The van der Waals surface area contributed by atoms with Gasteiger partial charge in [0.2, 0.25) is 0 Å². The standard InChI is InChI=1S/C14H15FN2O3S/c1-17(12-8-3-4-9-13(12)20-2)21(18,19)14-10(15)6-5-7-11(14)16/h3-9H,16H2,1-2H3. The summed E-state index contributed by atoms with van der Waals surface area (Å²) >= 11 is 0. The van der Waals surface area contributed by atoms with Crippen molar-refractivity contribution in [2.45, 2.75) is 4.90 Å². The van der Waals surface area contributed by atoms with Gasteiger partial charge < -0.3 is 10.5 Å². The number of benzene rings is 2. The van der Waals surface area contributed by atoms with E-state index in [2.05, 4.69) is 0 Å². The maximum atomic E-state index is 13.9. The number of para-hydroxylation sites is 2. The van der Waals surface area contributed by atoms with E-state index in [1.807, 2.05) is 0 Å². The molecule has 112 valence electrons. The highest BCUT2D eigenvalue weighted by Crippen LogP contribution is 2.33. The van der Waals surface area contributed by atoms with Gasteiger partial charge in [0.25, 0.3) is 10.0 Å². The molecule has 0 saturated carbocycles. The molecule has 0 fully saturated rings. The van der Waals surface area contributed by atoms with E-state index in [0.29, 0.717) is 11.4 Å². The minimum Gasteiger partial charge on any atom is -0.495 e. The number of halogens is 1. The molecule has 7 heteroatoms. The molecule has 0 atom stereocenters. The molecule has 0 heterocycles. The molecule has 0 spiro atoms. The summed E-state index contributed by atoms with van der Waals surface area (Å²) in [4.78, 5) is -0.543. The Morgan fingerprint density at radius 2 is 1.81 bits per heavy atom. The lowest BCUT2D eigenvalue weighted by atomic mass is 10.3. The topological polar surface area (TPSA) is 72.6 Å². The molecule has 5 nitrogen and oxygen atoms in total. The summed E-state index contributed by atoms with van der Waals surface area (Å²) < 4.78 is 45.1. The van der Waals surface area contributed by atoms with Gasteiger partial charge in [0.15, 0.2) is 0 Å². The first-order valence-electron chi connectivity index (χ1n) is 6.05. The number of nitrogens with two attached hydrogens (primary N) is 1. The zero-order valence-corrected chi connectivity index (χ0v) is 12.4. The quantitative estimate of drug-likeness (QED) is 0.879. The van der Waals surface area contributed by atoms with Crippen molar-refractivity contribution in [1.29, 1.82) is 0 Å². The second-order valence-corrected chi connectivity index (χ2v) is 6.21. The predicted octanol–water partition coefficient (Wildman–Crippen LogP) is 2.24. The third-order valence-electron chi connectivity index (χ3n) is 3.04. The zero-order valence-electron chi connectivity index (χ0n) is 11.6. The van der Waals surface area contributed by atoms with Crippen molar-refractivity contribution in [3.8, 4) is 5.75 Å². The number of rotatable bonds is 4. The highest BCUT2D eigenvalue weighted by Gasteiger charge is 2.28. The van der Waals surface area contributed by atoms with Crippen LogP contribution in [0.5, 0.6) is 5.75 Å². The number of sulfonamides is 1. The van der Waals surface area contributed by atoms with Crippen molar-refractivity contribution in [2.24, 2.45) is 0 Å². The molecule has 2 aromatic carbocycles. The summed E-state index contributed by atoms with van der Waals surface area (Å²) in [7, 11) is -1.39. The average molecular weight is 310 g/mol. The maximum Gasteiger partial charge on any atom is 0.269 e. The summed E-state index contributed by atoms with van der Waals surface area (Å²) in [6.07, 6.45) is 0.